The highest BCUT2D eigenvalue weighted by Gasteiger charge is 2.26. The van der Waals surface area contributed by atoms with Crippen LogP contribution >= 0.6 is 0 Å². The van der Waals surface area contributed by atoms with E-state index in [-0.39, 0.29) is 11.8 Å². The average molecular weight is 352 g/mol. The molecule has 1 aliphatic rings. The predicted octanol–water partition coefficient (Wildman–Crippen LogP) is 1.65. The Morgan fingerprint density at radius 3 is 2.92 bits per heavy atom. The first-order chi connectivity index (χ1) is 11.4. The van der Waals surface area contributed by atoms with Crippen molar-refractivity contribution >= 4 is 15.9 Å². The molecule has 0 aromatic heterocycles. The van der Waals surface area contributed by atoms with Gasteiger partial charge < -0.3 is 9.64 Å². The van der Waals surface area contributed by atoms with Gasteiger partial charge in [0.2, 0.25) is 10.0 Å². The van der Waals surface area contributed by atoms with Crippen molar-refractivity contribution in [1.29, 1.82) is 0 Å². The summed E-state index contributed by atoms with van der Waals surface area (Å²) < 4.78 is 30.6. The van der Waals surface area contributed by atoms with Gasteiger partial charge in [0.05, 0.1) is 11.8 Å². The van der Waals surface area contributed by atoms with E-state index >= 15 is 0 Å². The molecule has 0 radical (unpaired) electrons. The van der Waals surface area contributed by atoms with E-state index in [0.717, 1.165) is 19.1 Å². The van der Waals surface area contributed by atoms with Crippen LogP contribution in [0, 0.1) is 5.92 Å². The lowest BCUT2D eigenvalue weighted by Crippen LogP contribution is -2.43. The van der Waals surface area contributed by atoms with Crippen molar-refractivity contribution < 1.29 is 17.9 Å². The minimum absolute atomic E-state index is 0.0845. The molecular formula is C17H24N2O4S. The van der Waals surface area contributed by atoms with Gasteiger partial charge in [-0.3, -0.25) is 4.79 Å². The summed E-state index contributed by atoms with van der Waals surface area (Å²) in [5.41, 5.74) is 0.524. The van der Waals surface area contributed by atoms with Crippen molar-refractivity contribution in [3.05, 3.63) is 42.5 Å². The third-order valence-corrected chi connectivity index (χ3v) is 4.61. The summed E-state index contributed by atoms with van der Waals surface area (Å²) in [5.74, 6) is 0.580. The van der Waals surface area contributed by atoms with Gasteiger partial charge in [-0.1, -0.05) is 24.8 Å². The van der Waals surface area contributed by atoms with Crippen LogP contribution in [-0.2, 0) is 10.0 Å². The van der Waals surface area contributed by atoms with Crippen LogP contribution in [0.1, 0.15) is 23.2 Å². The number of nitrogens with one attached hydrogen (secondary N) is 1. The second-order valence-corrected chi connectivity index (χ2v) is 7.81. The standard InChI is InChI=1S/C17H24N2O4S/c1-3-11-23-16-9-5-4-8-15(16)17(20)19-10-6-7-14(13-19)12-18-24(2,21)22/h3-5,8-9,14,18H,1,6-7,10-13H2,2H3. The van der Waals surface area contributed by atoms with Gasteiger partial charge in [0.25, 0.3) is 5.91 Å². The van der Waals surface area contributed by atoms with Crippen LogP contribution in [0.15, 0.2) is 36.9 Å². The van der Waals surface area contributed by atoms with Crippen molar-refractivity contribution in [3.8, 4) is 5.75 Å². The molecule has 0 spiro atoms. The normalized spacial score (nSPS) is 18.2. The summed E-state index contributed by atoms with van der Waals surface area (Å²) in [5, 5.41) is 0. The minimum Gasteiger partial charge on any atom is -0.489 e. The second kappa shape index (κ2) is 8.30. The largest absolute Gasteiger partial charge is 0.489 e. The first kappa shape index (κ1) is 18.5. The first-order valence-corrected chi connectivity index (χ1v) is 9.86. The average Bonchev–Trinajstić information content (AvgIpc) is 2.57. The second-order valence-electron chi connectivity index (χ2n) is 5.98. The highest BCUT2D eigenvalue weighted by atomic mass is 32.2. The van der Waals surface area contributed by atoms with Crippen LogP contribution in [0.4, 0.5) is 0 Å². The molecule has 2 rings (SSSR count). The Hall–Kier alpha value is -1.86. The Bertz CT molecular complexity index is 688. The molecule has 1 aromatic carbocycles. The molecule has 1 heterocycles. The van der Waals surface area contributed by atoms with Gasteiger partial charge in [-0.05, 0) is 30.9 Å². The number of piperidine rings is 1. The summed E-state index contributed by atoms with van der Waals surface area (Å²) >= 11 is 0. The van der Waals surface area contributed by atoms with Crippen LogP contribution in [0.3, 0.4) is 0 Å². The highest BCUT2D eigenvalue weighted by molar-refractivity contribution is 7.88. The maximum Gasteiger partial charge on any atom is 0.257 e. The minimum atomic E-state index is -3.21. The number of para-hydroxylation sites is 1. The molecule has 7 heteroatoms. The van der Waals surface area contributed by atoms with Gasteiger partial charge in [-0.15, -0.1) is 0 Å². The number of likely N-dealkylation sites (tertiary alicyclic amines) is 1. The topological polar surface area (TPSA) is 75.7 Å². The summed E-state index contributed by atoms with van der Waals surface area (Å²) in [6.07, 6.45) is 4.54. The molecule has 1 atom stereocenters. The molecule has 0 bridgehead atoms. The number of hydrogen-bond acceptors (Lipinski definition) is 4. The number of ether oxygens (including phenoxy) is 1. The van der Waals surface area contributed by atoms with Crippen molar-refractivity contribution in [2.75, 3.05) is 32.5 Å². The molecule has 6 nitrogen and oxygen atoms in total. The zero-order valence-corrected chi connectivity index (χ0v) is 14.7. The number of hydrogen-bond donors (Lipinski definition) is 1. The Balaban J connectivity index is 2.05. The van der Waals surface area contributed by atoms with Gasteiger partial charge in [0, 0.05) is 19.6 Å². The van der Waals surface area contributed by atoms with E-state index in [1.54, 1.807) is 29.2 Å². The lowest BCUT2D eigenvalue weighted by molar-refractivity contribution is 0.0672. The quantitative estimate of drug-likeness (QED) is 0.757. The molecule has 1 amide bonds. The highest BCUT2D eigenvalue weighted by Crippen LogP contribution is 2.23. The van der Waals surface area contributed by atoms with Gasteiger partial charge in [-0.2, -0.15) is 0 Å². The lowest BCUT2D eigenvalue weighted by Gasteiger charge is -2.33. The van der Waals surface area contributed by atoms with Gasteiger partial charge in [0.1, 0.15) is 12.4 Å². The summed E-state index contributed by atoms with van der Waals surface area (Å²) in [6.45, 7) is 5.52. The molecular weight excluding hydrogens is 328 g/mol. The smallest absolute Gasteiger partial charge is 0.257 e. The van der Waals surface area contributed by atoms with Crippen molar-refractivity contribution in [2.45, 2.75) is 12.8 Å². The Labute approximate surface area is 143 Å². The number of nitrogens with zero attached hydrogens (tertiary/aromatic N) is 1. The van der Waals surface area contributed by atoms with Gasteiger partial charge >= 0.3 is 0 Å². The number of sulfonamides is 1. The number of rotatable bonds is 7. The summed E-state index contributed by atoms with van der Waals surface area (Å²) in [6, 6.07) is 7.15. The fourth-order valence-electron chi connectivity index (χ4n) is 2.77. The number of amides is 1. The molecule has 1 aromatic rings. The molecule has 132 valence electrons. The molecule has 1 saturated heterocycles. The van der Waals surface area contributed by atoms with E-state index in [1.807, 2.05) is 6.07 Å². The van der Waals surface area contributed by atoms with Crippen molar-refractivity contribution in [2.24, 2.45) is 5.92 Å². The van der Waals surface area contributed by atoms with Crippen LogP contribution in [0.2, 0.25) is 0 Å². The monoisotopic (exact) mass is 352 g/mol. The van der Waals surface area contributed by atoms with Crippen molar-refractivity contribution in [1.82, 2.24) is 9.62 Å². The molecule has 0 aliphatic carbocycles. The van der Waals surface area contributed by atoms with Gasteiger partial charge in [0.15, 0.2) is 0 Å². The van der Waals surface area contributed by atoms with E-state index in [0.29, 0.717) is 37.6 Å². The van der Waals surface area contributed by atoms with E-state index in [4.69, 9.17) is 4.74 Å². The van der Waals surface area contributed by atoms with Crippen LogP contribution in [0.25, 0.3) is 0 Å². The zero-order chi connectivity index (χ0) is 17.6. The van der Waals surface area contributed by atoms with Crippen molar-refractivity contribution in [3.63, 3.8) is 0 Å². The van der Waals surface area contributed by atoms with E-state index in [9.17, 15) is 13.2 Å². The number of carbonyl (C=O) groups excluding carboxylic acids is 1. The summed E-state index contributed by atoms with van der Waals surface area (Å²) in [7, 11) is -3.21. The van der Waals surface area contributed by atoms with Crippen LogP contribution in [0.5, 0.6) is 5.75 Å². The molecule has 1 N–H and O–H groups in total. The number of benzene rings is 1. The molecule has 1 fully saturated rings. The Kier molecular flexibility index (Phi) is 6.39. The zero-order valence-electron chi connectivity index (χ0n) is 13.9. The predicted molar refractivity (Wildman–Crippen MR) is 93.6 cm³/mol. The lowest BCUT2D eigenvalue weighted by atomic mass is 9.97. The maximum atomic E-state index is 12.8. The fourth-order valence-corrected chi connectivity index (χ4v) is 3.31. The Morgan fingerprint density at radius 1 is 1.46 bits per heavy atom. The fraction of sp³-hybridized carbons (Fsp3) is 0.471. The third kappa shape index (κ3) is 5.35. The van der Waals surface area contributed by atoms with Crippen LogP contribution in [-0.4, -0.2) is 51.7 Å². The third-order valence-electron chi connectivity index (χ3n) is 3.91. The summed E-state index contributed by atoms with van der Waals surface area (Å²) in [4.78, 5) is 14.6. The first-order valence-electron chi connectivity index (χ1n) is 7.97. The van der Waals surface area contributed by atoms with Crippen LogP contribution < -0.4 is 9.46 Å². The Morgan fingerprint density at radius 2 is 2.21 bits per heavy atom. The SMILES string of the molecule is C=CCOc1ccccc1C(=O)N1CCCC(CNS(C)(=O)=O)C1. The van der Waals surface area contributed by atoms with E-state index in [1.165, 1.54) is 0 Å². The number of carbonyl (C=O) groups is 1. The molecule has 1 unspecified atom stereocenters. The van der Waals surface area contributed by atoms with Gasteiger partial charge in [-0.25, -0.2) is 13.1 Å². The van der Waals surface area contributed by atoms with E-state index < -0.39 is 10.0 Å². The molecule has 24 heavy (non-hydrogen) atoms. The molecule has 0 saturated carbocycles. The molecule has 1 aliphatic heterocycles. The van der Waals surface area contributed by atoms with E-state index in [2.05, 4.69) is 11.3 Å². The maximum absolute atomic E-state index is 12.8.